The molecule has 0 saturated heterocycles. The highest BCUT2D eigenvalue weighted by molar-refractivity contribution is 5.64. The molecular formula is C9H16N4O2. The van der Waals surface area contributed by atoms with E-state index < -0.39 is 6.09 Å². The van der Waals surface area contributed by atoms with E-state index in [0.29, 0.717) is 13.1 Å². The highest BCUT2D eigenvalue weighted by atomic mass is 16.5. The molecule has 6 heteroatoms. The zero-order valence-electron chi connectivity index (χ0n) is 8.77. The SMILES string of the molecule is CCn1cc(CNCCOC(N)=O)cn1. The molecule has 1 rings (SSSR count). The second-order valence-corrected chi connectivity index (χ2v) is 3.05. The number of aryl methyl sites for hydroxylation is 1. The molecule has 0 bridgehead atoms. The van der Waals surface area contributed by atoms with E-state index in [0.717, 1.165) is 12.1 Å². The summed E-state index contributed by atoms with van der Waals surface area (Å²) in [6.45, 7) is 4.48. The third-order valence-corrected chi connectivity index (χ3v) is 1.86. The van der Waals surface area contributed by atoms with Gasteiger partial charge in [-0.2, -0.15) is 5.10 Å². The summed E-state index contributed by atoms with van der Waals surface area (Å²) in [4.78, 5) is 10.2. The zero-order valence-corrected chi connectivity index (χ0v) is 8.77. The molecule has 0 unspecified atom stereocenters. The van der Waals surface area contributed by atoms with Crippen molar-refractivity contribution in [1.29, 1.82) is 0 Å². The summed E-state index contributed by atoms with van der Waals surface area (Å²) in [6.07, 6.45) is 3.04. The van der Waals surface area contributed by atoms with Crippen LogP contribution in [0.25, 0.3) is 0 Å². The maximum Gasteiger partial charge on any atom is 0.404 e. The molecule has 15 heavy (non-hydrogen) atoms. The van der Waals surface area contributed by atoms with E-state index in [-0.39, 0.29) is 6.61 Å². The van der Waals surface area contributed by atoms with Crippen molar-refractivity contribution in [3.8, 4) is 0 Å². The van der Waals surface area contributed by atoms with Crippen molar-refractivity contribution in [1.82, 2.24) is 15.1 Å². The van der Waals surface area contributed by atoms with Crippen molar-refractivity contribution in [2.45, 2.75) is 20.0 Å². The van der Waals surface area contributed by atoms with Crippen molar-refractivity contribution < 1.29 is 9.53 Å². The molecule has 0 aromatic carbocycles. The van der Waals surface area contributed by atoms with Crippen LogP contribution in [-0.2, 0) is 17.8 Å². The average Bonchev–Trinajstić information content (AvgIpc) is 2.65. The van der Waals surface area contributed by atoms with Crippen LogP contribution in [0.2, 0.25) is 0 Å². The van der Waals surface area contributed by atoms with Gasteiger partial charge < -0.3 is 15.8 Å². The Bertz CT molecular complexity index is 311. The van der Waals surface area contributed by atoms with Crippen molar-refractivity contribution in [2.24, 2.45) is 5.73 Å². The van der Waals surface area contributed by atoms with Crippen LogP contribution in [0.3, 0.4) is 0 Å². The standard InChI is InChI=1S/C9H16N4O2/c1-2-13-7-8(6-12-13)5-11-3-4-15-9(10)14/h6-7,11H,2-5H2,1H3,(H2,10,14). The Balaban J connectivity index is 2.12. The fraction of sp³-hybridized carbons (Fsp3) is 0.556. The van der Waals surface area contributed by atoms with Gasteiger partial charge in [0.1, 0.15) is 6.61 Å². The first-order chi connectivity index (χ1) is 7.22. The second kappa shape index (κ2) is 6.02. The molecule has 0 fully saturated rings. The number of nitrogens with one attached hydrogen (secondary N) is 1. The number of ether oxygens (including phenoxy) is 1. The lowest BCUT2D eigenvalue weighted by Crippen LogP contribution is -2.23. The normalized spacial score (nSPS) is 10.2. The van der Waals surface area contributed by atoms with Crippen LogP contribution in [0.5, 0.6) is 0 Å². The van der Waals surface area contributed by atoms with Gasteiger partial charge in [-0.3, -0.25) is 4.68 Å². The Labute approximate surface area is 88.4 Å². The lowest BCUT2D eigenvalue weighted by atomic mass is 10.3. The van der Waals surface area contributed by atoms with Gasteiger partial charge >= 0.3 is 6.09 Å². The highest BCUT2D eigenvalue weighted by Gasteiger charge is 1.97. The Hall–Kier alpha value is -1.56. The number of carbonyl (C=O) groups is 1. The first-order valence-electron chi connectivity index (χ1n) is 4.86. The van der Waals surface area contributed by atoms with Crippen molar-refractivity contribution in [3.63, 3.8) is 0 Å². The van der Waals surface area contributed by atoms with Gasteiger partial charge in [0.2, 0.25) is 0 Å². The number of hydrogen-bond donors (Lipinski definition) is 2. The largest absolute Gasteiger partial charge is 0.448 e. The Morgan fingerprint density at radius 1 is 1.73 bits per heavy atom. The summed E-state index contributed by atoms with van der Waals surface area (Å²) < 4.78 is 6.42. The number of aromatic nitrogens is 2. The number of hydrogen-bond acceptors (Lipinski definition) is 4. The molecule has 6 nitrogen and oxygen atoms in total. The molecule has 0 atom stereocenters. The van der Waals surface area contributed by atoms with Gasteiger partial charge in [0.05, 0.1) is 6.20 Å². The fourth-order valence-corrected chi connectivity index (χ4v) is 1.13. The van der Waals surface area contributed by atoms with E-state index in [2.05, 4.69) is 15.2 Å². The Morgan fingerprint density at radius 2 is 2.53 bits per heavy atom. The summed E-state index contributed by atoms with van der Waals surface area (Å²) in [7, 11) is 0. The van der Waals surface area contributed by atoms with Crippen molar-refractivity contribution in [2.75, 3.05) is 13.2 Å². The minimum absolute atomic E-state index is 0.289. The summed E-state index contributed by atoms with van der Waals surface area (Å²) in [6, 6.07) is 0. The number of rotatable bonds is 6. The van der Waals surface area contributed by atoms with Crippen LogP contribution >= 0.6 is 0 Å². The molecule has 1 heterocycles. The number of nitrogens with two attached hydrogens (primary N) is 1. The minimum atomic E-state index is -0.740. The molecule has 1 aromatic heterocycles. The number of nitrogens with zero attached hydrogens (tertiary/aromatic N) is 2. The zero-order chi connectivity index (χ0) is 11.1. The predicted octanol–water partition coefficient (Wildman–Crippen LogP) is 0.0879. The van der Waals surface area contributed by atoms with Gasteiger partial charge in [-0.05, 0) is 6.92 Å². The number of amides is 1. The van der Waals surface area contributed by atoms with Gasteiger partial charge in [-0.25, -0.2) is 4.79 Å². The van der Waals surface area contributed by atoms with Gasteiger partial charge in [0, 0.05) is 31.4 Å². The first-order valence-corrected chi connectivity index (χ1v) is 4.86. The summed E-state index contributed by atoms with van der Waals surface area (Å²) in [5.41, 5.74) is 5.91. The van der Waals surface area contributed by atoms with Crippen LogP contribution in [0.1, 0.15) is 12.5 Å². The Kier molecular flexibility index (Phi) is 4.62. The van der Waals surface area contributed by atoms with E-state index in [9.17, 15) is 4.79 Å². The quantitative estimate of drug-likeness (QED) is 0.655. The monoisotopic (exact) mass is 212 g/mol. The molecular weight excluding hydrogens is 196 g/mol. The first kappa shape index (κ1) is 11.5. The van der Waals surface area contributed by atoms with E-state index in [1.165, 1.54) is 0 Å². The summed E-state index contributed by atoms with van der Waals surface area (Å²) >= 11 is 0. The maximum atomic E-state index is 10.2. The van der Waals surface area contributed by atoms with Gasteiger partial charge in [0.15, 0.2) is 0 Å². The van der Waals surface area contributed by atoms with E-state index >= 15 is 0 Å². The fourth-order valence-electron chi connectivity index (χ4n) is 1.13. The molecule has 3 N–H and O–H groups in total. The lowest BCUT2D eigenvalue weighted by molar-refractivity contribution is 0.157. The molecule has 0 spiro atoms. The molecule has 0 aliphatic carbocycles. The van der Waals surface area contributed by atoms with Gasteiger partial charge in [-0.1, -0.05) is 0 Å². The van der Waals surface area contributed by atoms with Crippen LogP contribution < -0.4 is 11.1 Å². The third kappa shape index (κ3) is 4.46. The highest BCUT2D eigenvalue weighted by Crippen LogP contribution is 1.96. The molecule has 0 aliphatic heterocycles. The van der Waals surface area contributed by atoms with E-state index in [1.807, 2.05) is 24.0 Å². The molecule has 0 radical (unpaired) electrons. The molecule has 1 aromatic rings. The van der Waals surface area contributed by atoms with Gasteiger partial charge in [-0.15, -0.1) is 0 Å². The van der Waals surface area contributed by atoms with Gasteiger partial charge in [0.25, 0.3) is 0 Å². The van der Waals surface area contributed by atoms with Crippen LogP contribution in [0, 0.1) is 0 Å². The van der Waals surface area contributed by atoms with Crippen LogP contribution in [0.4, 0.5) is 4.79 Å². The smallest absolute Gasteiger partial charge is 0.404 e. The van der Waals surface area contributed by atoms with E-state index in [4.69, 9.17) is 5.73 Å². The molecule has 0 aliphatic rings. The maximum absolute atomic E-state index is 10.2. The Morgan fingerprint density at radius 3 is 3.13 bits per heavy atom. The third-order valence-electron chi connectivity index (χ3n) is 1.86. The molecule has 0 saturated carbocycles. The summed E-state index contributed by atoms with van der Waals surface area (Å²) in [5.74, 6) is 0. The topological polar surface area (TPSA) is 82.2 Å². The number of carbonyl (C=O) groups excluding carboxylic acids is 1. The predicted molar refractivity (Wildman–Crippen MR) is 55.1 cm³/mol. The molecule has 1 amide bonds. The number of primary amides is 1. The molecule has 84 valence electrons. The van der Waals surface area contributed by atoms with E-state index in [1.54, 1.807) is 0 Å². The van der Waals surface area contributed by atoms with Crippen molar-refractivity contribution in [3.05, 3.63) is 18.0 Å². The second-order valence-electron chi connectivity index (χ2n) is 3.05. The van der Waals surface area contributed by atoms with Crippen LogP contribution in [0.15, 0.2) is 12.4 Å². The lowest BCUT2D eigenvalue weighted by Gasteiger charge is -2.02. The van der Waals surface area contributed by atoms with Crippen molar-refractivity contribution >= 4 is 6.09 Å². The van der Waals surface area contributed by atoms with Crippen LogP contribution in [-0.4, -0.2) is 29.0 Å². The summed E-state index contributed by atoms with van der Waals surface area (Å²) in [5, 5.41) is 7.24. The average molecular weight is 212 g/mol. The minimum Gasteiger partial charge on any atom is -0.448 e.